The zero-order valence-electron chi connectivity index (χ0n) is 9.02. The van der Waals surface area contributed by atoms with Crippen LogP contribution in [0.15, 0.2) is 30.3 Å². The fourth-order valence-electron chi connectivity index (χ4n) is 1.72. The zero-order valence-corrected chi connectivity index (χ0v) is 9.02. The van der Waals surface area contributed by atoms with Gasteiger partial charge in [-0.15, -0.1) is 0 Å². The van der Waals surface area contributed by atoms with Crippen molar-refractivity contribution in [3.8, 4) is 0 Å². The maximum atomic E-state index is 11.4. The molecule has 16 heavy (non-hydrogen) atoms. The molecule has 2 amide bonds. The molecule has 4 nitrogen and oxygen atoms in total. The van der Waals surface area contributed by atoms with Crippen LogP contribution in [0.2, 0.25) is 0 Å². The fraction of sp³-hybridized carbons (Fsp3) is 0.417. The van der Waals surface area contributed by atoms with Crippen molar-refractivity contribution < 1.29 is 9.90 Å². The molecule has 0 radical (unpaired) electrons. The van der Waals surface area contributed by atoms with Crippen LogP contribution < -0.4 is 10.6 Å². The second-order valence-corrected chi connectivity index (χ2v) is 4.13. The van der Waals surface area contributed by atoms with Gasteiger partial charge in [0.2, 0.25) is 0 Å². The monoisotopic (exact) mass is 220 g/mol. The van der Waals surface area contributed by atoms with Gasteiger partial charge in [-0.2, -0.15) is 0 Å². The highest BCUT2D eigenvalue weighted by molar-refractivity contribution is 5.74. The molecule has 4 heteroatoms. The molecule has 1 aromatic carbocycles. The van der Waals surface area contributed by atoms with E-state index in [0.717, 1.165) is 5.56 Å². The Bertz CT molecular complexity index is 347. The molecule has 0 aromatic heterocycles. The Balaban J connectivity index is 1.68. The van der Waals surface area contributed by atoms with Crippen LogP contribution >= 0.6 is 0 Å². The fourth-order valence-corrected chi connectivity index (χ4v) is 1.72. The molecule has 1 saturated carbocycles. The molecule has 0 aliphatic heterocycles. The average molecular weight is 220 g/mol. The molecule has 1 aliphatic rings. The van der Waals surface area contributed by atoms with E-state index in [0.29, 0.717) is 19.4 Å². The summed E-state index contributed by atoms with van der Waals surface area (Å²) < 4.78 is 0. The molecule has 0 bridgehead atoms. The van der Waals surface area contributed by atoms with Gasteiger partial charge in [0, 0.05) is 12.6 Å². The molecule has 1 aliphatic carbocycles. The number of aliphatic hydroxyl groups excluding tert-OH is 1. The minimum absolute atomic E-state index is 0.130. The third-order valence-electron chi connectivity index (χ3n) is 2.74. The van der Waals surface area contributed by atoms with Gasteiger partial charge in [0.1, 0.15) is 0 Å². The number of urea groups is 1. The molecule has 0 atom stereocenters. The largest absolute Gasteiger partial charge is 0.393 e. The van der Waals surface area contributed by atoms with Crippen LogP contribution in [-0.4, -0.2) is 23.3 Å². The van der Waals surface area contributed by atoms with Gasteiger partial charge in [-0.25, -0.2) is 4.79 Å². The van der Waals surface area contributed by atoms with Crippen molar-refractivity contribution in [2.75, 3.05) is 0 Å². The predicted molar refractivity (Wildman–Crippen MR) is 60.8 cm³/mol. The van der Waals surface area contributed by atoms with E-state index >= 15 is 0 Å². The zero-order chi connectivity index (χ0) is 11.4. The molecule has 1 aromatic rings. The van der Waals surface area contributed by atoms with Crippen LogP contribution in [0.1, 0.15) is 18.4 Å². The number of hydrogen-bond donors (Lipinski definition) is 3. The summed E-state index contributed by atoms with van der Waals surface area (Å²) in [7, 11) is 0. The van der Waals surface area contributed by atoms with Crippen LogP contribution in [0, 0.1) is 0 Å². The molecule has 1 fully saturated rings. The van der Waals surface area contributed by atoms with Gasteiger partial charge in [-0.05, 0) is 18.4 Å². The van der Waals surface area contributed by atoms with Crippen molar-refractivity contribution in [1.82, 2.24) is 10.6 Å². The lowest BCUT2D eigenvalue weighted by molar-refractivity contribution is 0.0663. The van der Waals surface area contributed by atoms with Gasteiger partial charge in [0.25, 0.3) is 0 Å². The summed E-state index contributed by atoms with van der Waals surface area (Å²) in [5, 5.41) is 14.7. The van der Waals surface area contributed by atoms with E-state index in [1.165, 1.54) is 0 Å². The van der Waals surface area contributed by atoms with E-state index in [4.69, 9.17) is 5.11 Å². The summed E-state index contributed by atoms with van der Waals surface area (Å²) in [6.07, 6.45) is 1.09. The van der Waals surface area contributed by atoms with E-state index in [1.807, 2.05) is 30.3 Å². The van der Waals surface area contributed by atoms with Crippen LogP contribution in [0.3, 0.4) is 0 Å². The maximum absolute atomic E-state index is 11.4. The summed E-state index contributed by atoms with van der Waals surface area (Å²) in [4.78, 5) is 11.4. The van der Waals surface area contributed by atoms with Crippen molar-refractivity contribution in [3.05, 3.63) is 35.9 Å². The van der Waals surface area contributed by atoms with Crippen molar-refractivity contribution in [1.29, 1.82) is 0 Å². The minimum atomic E-state index is -0.237. The SMILES string of the molecule is O=C(NCc1ccccc1)NC1CC(O)C1. The highest BCUT2D eigenvalue weighted by atomic mass is 16.3. The smallest absolute Gasteiger partial charge is 0.315 e. The molecule has 0 saturated heterocycles. The topological polar surface area (TPSA) is 61.4 Å². The van der Waals surface area contributed by atoms with E-state index in [-0.39, 0.29) is 18.2 Å². The van der Waals surface area contributed by atoms with Crippen molar-refractivity contribution in [3.63, 3.8) is 0 Å². The Hall–Kier alpha value is -1.55. The second-order valence-electron chi connectivity index (χ2n) is 4.13. The first-order chi connectivity index (χ1) is 7.74. The van der Waals surface area contributed by atoms with Gasteiger partial charge in [0.15, 0.2) is 0 Å². The summed E-state index contributed by atoms with van der Waals surface area (Å²) >= 11 is 0. The van der Waals surface area contributed by atoms with E-state index in [1.54, 1.807) is 0 Å². The van der Waals surface area contributed by atoms with Crippen molar-refractivity contribution in [2.45, 2.75) is 31.5 Å². The number of hydrogen-bond acceptors (Lipinski definition) is 2. The van der Waals surface area contributed by atoms with Crippen molar-refractivity contribution in [2.24, 2.45) is 0 Å². The molecular formula is C12H16N2O2. The third-order valence-corrected chi connectivity index (χ3v) is 2.74. The summed E-state index contributed by atoms with van der Waals surface area (Å²) in [6.45, 7) is 0.530. The first-order valence-corrected chi connectivity index (χ1v) is 5.50. The number of carbonyl (C=O) groups excluding carboxylic acids is 1. The van der Waals surface area contributed by atoms with Crippen molar-refractivity contribution >= 4 is 6.03 Å². The molecule has 2 rings (SSSR count). The standard InChI is InChI=1S/C12H16N2O2/c15-11-6-10(7-11)14-12(16)13-8-9-4-2-1-3-5-9/h1-5,10-11,15H,6-8H2,(H2,13,14,16). The Morgan fingerprint density at radius 1 is 1.31 bits per heavy atom. The molecule has 0 spiro atoms. The summed E-state index contributed by atoms with van der Waals surface area (Å²) in [5.41, 5.74) is 1.08. The van der Waals surface area contributed by atoms with Gasteiger partial charge >= 0.3 is 6.03 Å². The van der Waals surface area contributed by atoms with Crippen LogP contribution in [0.25, 0.3) is 0 Å². The average Bonchev–Trinajstić information content (AvgIpc) is 2.26. The second kappa shape index (κ2) is 4.99. The Labute approximate surface area is 94.7 Å². The number of nitrogens with one attached hydrogen (secondary N) is 2. The highest BCUT2D eigenvalue weighted by Crippen LogP contribution is 2.18. The van der Waals surface area contributed by atoms with Gasteiger partial charge < -0.3 is 15.7 Å². The normalized spacial score (nSPS) is 23.3. The summed E-state index contributed by atoms with van der Waals surface area (Å²) in [5.74, 6) is 0. The Morgan fingerprint density at radius 2 is 2.00 bits per heavy atom. The number of benzene rings is 1. The number of aliphatic hydroxyl groups is 1. The Kier molecular flexibility index (Phi) is 3.41. The van der Waals surface area contributed by atoms with Gasteiger partial charge in [0.05, 0.1) is 6.10 Å². The molecular weight excluding hydrogens is 204 g/mol. The maximum Gasteiger partial charge on any atom is 0.315 e. The van der Waals surface area contributed by atoms with Crippen LogP contribution in [0.5, 0.6) is 0 Å². The predicted octanol–water partition coefficient (Wildman–Crippen LogP) is 1.01. The lowest BCUT2D eigenvalue weighted by Gasteiger charge is -2.31. The van der Waals surface area contributed by atoms with Crippen LogP contribution in [0.4, 0.5) is 4.79 Å². The highest BCUT2D eigenvalue weighted by Gasteiger charge is 2.28. The number of amides is 2. The lowest BCUT2D eigenvalue weighted by Crippen LogP contribution is -2.49. The minimum Gasteiger partial charge on any atom is -0.393 e. The molecule has 0 heterocycles. The molecule has 3 N–H and O–H groups in total. The number of carbonyl (C=O) groups is 1. The molecule has 86 valence electrons. The lowest BCUT2D eigenvalue weighted by atomic mass is 9.90. The van der Waals surface area contributed by atoms with E-state index in [9.17, 15) is 4.79 Å². The molecule has 0 unspecified atom stereocenters. The van der Waals surface area contributed by atoms with E-state index in [2.05, 4.69) is 10.6 Å². The van der Waals surface area contributed by atoms with Gasteiger partial charge in [-0.1, -0.05) is 30.3 Å². The first-order valence-electron chi connectivity index (χ1n) is 5.50. The van der Waals surface area contributed by atoms with E-state index < -0.39 is 0 Å². The quantitative estimate of drug-likeness (QED) is 0.712. The first kappa shape index (κ1) is 11.0. The summed E-state index contributed by atoms with van der Waals surface area (Å²) in [6, 6.07) is 9.72. The number of rotatable bonds is 3. The third kappa shape index (κ3) is 2.97. The van der Waals surface area contributed by atoms with Crippen LogP contribution in [-0.2, 0) is 6.54 Å². The van der Waals surface area contributed by atoms with Gasteiger partial charge in [-0.3, -0.25) is 0 Å². The Morgan fingerprint density at radius 3 is 2.62 bits per heavy atom.